The molecule has 1 heterocycles. The molecule has 0 aliphatic carbocycles. The lowest BCUT2D eigenvalue weighted by atomic mass is 10.1. The molecule has 0 saturated carbocycles. The lowest BCUT2D eigenvalue weighted by Crippen LogP contribution is -2.29. The molecule has 1 aliphatic rings. The fraction of sp³-hybridized carbons (Fsp3) is 0.333. The van der Waals surface area contributed by atoms with Crippen molar-refractivity contribution in [3.8, 4) is 0 Å². The summed E-state index contributed by atoms with van der Waals surface area (Å²) in [5, 5.41) is 10.6. The molecule has 0 spiro atoms. The van der Waals surface area contributed by atoms with E-state index in [0.717, 1.165) is 6.07 Å². The highest BCUT2D eigenvalue weighted by Gasteiger charge is 2.36. The molecule has 0 radical (unpaired) electrons. The van der Waals surface area contributed by atoms with Crippen molar-refractivity contribution in [2.24, 2.45) is 0 Å². The normalized spacial score (nSPS) is 15.6. The monoisotopic (exact) mass is 272 g/mol. The number of nitro benzene ring substituents is 1. The Hall–Kier alpha value is -2.05. The third kappa shape index (κ3) is 2.86. The van der Waals surface area contributed by atoms with Crippen molar-refractivity contribution >= 4 is 11.4 Å². The smallest absolute Gasteiger partial charge is 0.367 e. The molecule has 0 aromatic heterocycles. The largest absolute Gasteiger partial charge is 0.418 e. The SMILES string of the molecule is O=[N+]([O-])c1ccc(N2CC=CCC2)c(C(F)(F)F)c1. The van der Waals surface area contributed by atoms with E-state index in [9.17, 15) is 23.3 Å². The molecule has 0 amide bonds. The summed E-state index contributed by atoms with van der Waals surface area (Å²) in [6.07, 6.45) is -0.267. The van der Waals surface area contributed by atoms with Crippen LogP contribution in [0.5, 0.6) is 0 Å². The Kier molecular flexibility index (Phi) is 3.46. The molecule has 0 N–H and O–H groups in total. The number of alkyl halides is 3. The Morgan fingerprint density at radius 2 is 2.00 bits per heavy atom. The Balaban J connectivity index is 2.47. The second kappa shape index (κ2) is 4.91. The molecule has 1 aromatic rings. The van der Waals surface area contributed by atoms with E-state index in [-0.39, 0.29) is 5.69 Å². The van der Waals surface area contributed by atoms with Crippen molar-refractivity contribution < 1.29 is 18.1 Å². The summed E-state index contributed by atoms with van der Waals surface area (Å²) in [5.74, 6) is 0. The Bertz CT molecular complexity index is 526. The molecule has 0 atom stereocenters. The summed E-state index contributed by atoms with van der Waals surface area (Å²) in [6, 6.07) is 2.86. The van der Waals surface area contributed by atoms with Crippen LogP contribution in [0.15, 0.2) is 30.4 Å². The number of hydrogen-bond donors (Lipinski definition) is 0. The molecule has 4 nitrogen and oxygen atoms in total. The van der Waals surface area contributed by atoms with E-state index in [2.05, 4.69) is 0 Å². The molecule has 0 unspecified atom stereocenters. The zero-order chi connectivity index (χ0) is 14.0. The van der Waals surface area contributed by atoms with Gasteiger partial charge in [0.25, 0.3) is 5.69 Å². The number of benzene rings is 1. The van der Waals surface area contributed by atoms with Crippen LogP contribution in [-0.2, 0) is 6.18 Å². The van der Waals surface area contributed by atoms with E-state index in [4.69, 9.17) is 0 Å². The zero-order valence-electron chi connectivity index (χ0n) is 9.85. The number of hydrogen-bond acceptors (Lipinski definition) is 3. The number of anilines is 1. The molecule has 7 heteroatoms. The van der Waals surface area contributed by atoms with Crippen molar-refractivity contribution in [2.45, 2.75) is 12.6 Å². The van der Waals surface area contributed by atoms with Gasteiger partial charge in [-0.15, -0.1) is 0 Å². The van der Waals surface area contributed by atoms with Crippen LogP contribution in [0.25, 0.3) is 0 Å². The standard InChI is InChI=1S/C12H11F3N2O2/c13-12(14,15)10-8-9(17(18)19)4-5-11(10)16-6-2-1-3-7-16/h1-2,4-5,8H,3,6-7H2. The van der Waals surface area contributed by atoms with Crippen LogP contribution in [0.1, 0.15) is 12.0 Å². The minimum Gasteiger partial charge on any atom is -0.367 e. The first kappa shape index (κ1) is 13.4. The number of nitrogens with zero attached hydrogens (tertiary/aromatic N) is 2. The van der Waals surface area contributed by atoms with Gasteiger partial charge in [0.15, 0.2) is 0 Å². The van der Waals surface area contributed by atoms with Gasteiger partial charge < -0.3 is 4.90 Å². The molecule has 0 bridgehead atoms. The van der Waals surface area contributed by atoms with Gasteiger partial charge in [0, 0.05) is 30.9 Å². The van der Waals surface area contributed by atoms with E-state index < -0.39 is 22.4 Å². The fourth-order valence-electron chi connectivity index (χ4n) is 2.00. The second-order valence-electron chi connectivity index (χ2n) is 4.16. The van der Waals surface area contributed by atoms with Gasteiger partial charge in [-0.05, 0) is 12.5 Å². The van der Waals surface area contributed by atoms with E-state index in [1.807, 2.05) is 6.08 Å². The predicted molar refractivity (Wildman–Crippen MR) is 64.1 cm³/mol. The molecule has 2 rings (SSSR count). The lowest BCUT2D eigenvalue weighted by Gasteiger charge is -2.28. The first-order valence-electron chi connectivity index (χ1n) is 5.65. The fourth-order valence-corrected chi connectivity index (χ4v) is 2.00. The molecular formula is C12H11F3N2O2. The van der Waals surface area contributed by atoms with Gasteiger partial charge >= 0.3 is 6.18 Å². The van der Waals surface area contributed by atoms with Crippen LogP contribution < -0.4 is 4.90 Å². The molecule has 0 saturated heterocycles. The third-order valence-electron chi connectivity index (χ3n) is 2.90. The van der Waals surface area contributed by atoms with Crippen molar-refractivity contribution in [3.63, 3.8) is 0 Å². The summed E-state index contributed by atoms with van der Waals surface area (Å²) in [6.45, 7) is 0.846. The first-order valence-corrected chi connectivity index (χ1v) is 5.65. The summed E-state index contributed by atoms with van der Waals surface area (Å²) < 4.78 is 38.9. The Morgan fingerprint density at radius 1 is 1.26 bits per heavy atom. The highest BCUT2D eigenvalue weighted by atomic mass is 19.4. The summed E-state index contributed by atoms with van der Waals surface area (Å²) in [4.78, 5) is 11.3. The second-order valence-corrected chi connectivity index (χ2v) is 4.16. The predicted octanol–water partition coefficient (Wildman–Crippen LogP) is 3.38. The maximum atomic E-state index is 13.0. The number of halogens is 3. The maximum absolute atomic E-state index is 13.0. The average Bonchev–Trinajstić information content (AvgIpc) is 2.38. The van der Waals surface area contributed by atoms with Crippen LogP contribution in [-0.4, -0.2) is 18.0 Å². The zero-order valence-corrected chi connectivity index (χ0v) is 9.85. The van der Waals surface area contributed by atoms with Crippen molar-refractivity contribution in [3.05, 3.63) is 46.0 Å². The van der Waals surface area contributed by atoms with Gasteiger partial charge in [-0.25, -0.2) is 0 Å². The number of non-ortho nitro benzene ring substituents is 1. The van der Waals surface area contributed by atoms with Crippen LogP contribution >= 0.6 is 0 Å². The maximum Gasteiger partial charge on any atom is 0.418 e. The van der Waals surface area contributed by atoms with E-state index in [1.54, 1.807) is 11.0 Å². The van der Waals surface area contributed by atoms with Gasteiger partial charge in [-0.1, -0.05) is 12.2 Å². The quantitative estimate of drug-likeness (QED) is 0.471. The highest BCUT2D eigenvalue weighted by molar-refractivity contribution is 5.59. The highest BCUT2D eigenvalue weighted by Crippen LogP contribution is 2.39. The van der Waals surface area contributed by atoms with Crippen molar-refractivity contribution in [1.82, 2.24) is 0 Å². The Morgan fingerprint density at radius 3 is 2.53 bits per heavy atom. The van der Waals surface area contributed by atoms with E-state index in [1.165, 1.54) is 6.07 Å². The van der Waals surface area contributed by atoms with Crippen molar-refractivity contribution in [2.75, 3.05) is 18.0 Å². The summed E-state index contributed by atoms with van der Waals surface area (Å²) in [7, 11) is 0. The van der Waals surface area contributed by atoms with Gasteiger partial charge in [-0.3, -0.25) is 10.1 Å². The molecular weight excluding hydrogens is 261 g/mol. The lowest BCUT2D eigenvalue weighted by molar-refractivity contribution is -0.385. The van der Waals surface area contributed by atoms with E-state index in [0.29, 0.717) is 25.6 Å². The summed E-state index contributed by atoms with van der Waals surface area (Å²) in [5.41, 5.74) is -1.52. The number of nitro groups is 1. The summed E-state index contributed by atoms with van der Waals surface area (Å²) >= 11 is 0. The first-order chi connectivity index (χ1) is 8.89. The van der Waals surface area contributed by atoms with Crippen LogP contribution in [0.2, 0.25) is 0 Å². The Labute approximate surface area is 107 Å². The van der Waals surface area contributed by atoms with Crippen LogP contribution in [0.4, 0.5) is 24.5 Å². The molecule has 102 valence electrons. The third-order valence-corrected chi connectivity index (χ3v) is 2.90. The minimum atomic E-state index is -4.61. The molecule has 0 fully saturated rings. The van der Waals surface area contributed by atoms with Crippen molar-refractivity contribution in [1.29, 1.82) is 0 Å². The topological polar surface area (TPSA) is 46.4 Å². The van der Waals surface area contributed by atoms with E-state index >= 15 is 0 Å². The van der Waals surface area contributed by atoms with Gasteiger partial charge in [-0.2, -0.15) is 13.2 Å². The van der Waals surface area contributed by atoms with Gasteiger partial charge in [0.05, 0.1) is 10.5 Å². The van der Waals surface area contributed by atoms with Gasteiger partial charge in [0.2, 0.25) is 0 Å². The molecule has 1 aliphatic heterocycles. The molecule has 19 heavy (non-hydrogen) atoms. The van der Waals surface area contributed by atoms with Crippen LogP contribution in [0.3, 0.4) is 0 Å². The molecule has 1 aromatic carbocycles. The minimum absolute atomic E-state index is 0.0116. The van der Waals surface area contributed by atoms with Crippen LogP contribution in [0, 0.1) is 10.1 Å². The van der Waals surface area contributed by atoms with Gasteiger partial charge in [0.1, 0.15) is 0 Å². The number of rotatable bonds is 2. The average molecular weight is 272 g/mol.